The number of likely N-dealkylation sites (N-methyl/N-ethyl adjacent to an activating group) is 1. The predicted molar refractivity (Wildman–Crippen MR) is 95.2 cm³/mol. The first-order valence-electron chi connectivity index (χ1n) is 7.82. The van der Waals surface area contributed by atoms with Crippen molar-refractivity contribution in [2.75, 3.05) is 14.1 Å². The van der Waals surface area contributed by atoms with Crippen LogP contribution < -0.4 is 0 Å². The smallest absolute Gasteiger partial charge is 0.351 e. The Balaban J connectivity index is 2.18. The maximum Gasteiger partial charge on any atom is 0.351 e. The van der Waals surface area contributed by atoms with Crippen molar-refractivity contribution in [3.63, 3.8) is 0 Å². The molecule has 1 heterocycles. The lowest BCUT2D eigenvalue weighted by atomic mass is 10.1. The van der Waals surface area contributed by atoms with Gasteiger partial charge in [0, 0.05) is 19.7 Å². The number of thiazole rings is 1. The Morgan fingerprint density at radius 2 is 1.88 bits per heavy atom. The highest BCUT2D eigenvalue weighted by Gasteiger charge is 2.23. The number of esters is 1. The number of hydrogen-bond acceptors (Lipinski definition) is 5. The fourth-order valence-corrected chi connectivity index (χ4v) is 3.18. The number of benzene rings is 1. The van der Waals surface area contributed by atoms with Gasteiger partial charge in [0.2, 0.25) is 0 Å². The molecule has 0 aliphatic rings. The second kappa shape index (κ2) is 7.57. The molecule has 0 saturated heterocycles. The van der Waals surface area contributed by atoms with E-state index in [0.717, 1.165) is 17.0 Å². The van der Waals surface area contributed by atoms with Crippen LogP contribution >= 0.6 is 11.3 Å². The number of aryl methyl sites for hydroxylation is 2. The van der Waals surface area contributed by atoms with Crippen LogP contribution in [0.4, 0.5) is 0 Å². The molecular formula is C18H22N2O3S. The number of aromatic nitrogens is 1. The molecule has 0 fully saturated rings. The van der Waals surface area contributed by atoms with Crippen LogP contribution in [0.5, 0.6) is 0 Å². The van der Waals surface area contributed by atoms with Gasteiger partial charge in [0.15, 0.2) is 6.10 Å². The number of rotatable bonds is 5. The van der Waals surface area contributed by atoms with E-state index in [0.29, 0.717) is 10.6 Å². The minimum absolute atomic E-state index is 0.249. The van der Waals surface area contributed by atoms with Crippen LogP contribution in [0.3, 0.4) is 0 Å². The van der Waals surface area contributed by atoms with E-state index in [4.69, 9.17) is 4.74 Å². The van der Waals surface area contributed by atoms with Gasteiger partial charge < -0.3 is 9.64 Å². The highest BCUT2D eigenvalue weighted by atomic mass is 32.1. The highest BCUT2D eigenvalue weighted by Crippen LogP contribution is 2.29. The van der Waals surface area contributed by atoms with Gasteiger partial charge in [0.05, 0.1) is 5.69 Å². The van der Waals surface area contributed by atoms with Crippen molar-refractivity contribution in [1.29, 1.82) is 0 Å². The first kappa shape index (κ1) is 18.1. The number of carbonyl (C=O) groups is 2. The van der Waals surface area contributed by atoms with Gasteiger partial charge in [-0.3, -0.25) is 4.79 Å². The van der Waals surface area contributed by atoms with E-state index < -0.39 is 12.1 Å². The lowest BCUT2D eigenvalue weighted by Gasteiger charge is -2.16. The molecular weight excluding hydrogens is 324 g/mol. The third-order valence-corrected chi connectivity index (χ3v) is 4.85. The molecule has 128 valence electrons. The summed E-state index contributed by atoms with van der Waals surface area (Å²) in [5, 5.41) is 0.772. The second-order valence-corrected chi connectivity index (χ2v) is 6.76. The normalized spacial score (nSPS) is 11.9. The molecule has 1 aromatic carbocycles. The zero-order valence-electron chi connectivity index (χ0n) is 14.6. The van der Waals surface area contributed by atoms with Gasteiger partial charge in [-0.05, 0) is 25.8 Å². The molecule has 0 N–H and O–H groups in total. The average molecular weight is 346 g/mol. The number of nitrogens with zero attached hydrogens (tertiary/aromatic N) is 2. The minimum atomic E-state index is -0.818. The van der Waals surface area contributed by atoms with E-state index >= 15 is 0 Å². The van der Waals surface area contributed by atoms with E-state index in [9.17, 15) is 9.59 Å². The van der Waals surface area contributed by atoms with Crippen LogP contribution in [-0.4, -0.2) is 42.0 Å². The fraction of sp³-hybridized carbons (Fsp3) is 0.389. The summed E-state index contributed by atoms with van der Waals surface area (Å²) in [7, 11) is 3.26. The number of amides is 1. The monoisotopic (exact) mass is 346 g/mol. The predicted octanol–water partition coefficient (Wildman–Crippen LogP) is 3.31. The summed E-state index contributed by atoms with van der Waals surface area (Å²) in [4.78, 5) is 30.4. The summed E-state index contributed by atoms with van der Waals surface area (Å²) in [6.07, 6.45) is 0.160. The topological polar surface area (TPSA) is 59.5 Å². The number of ether oxygens (including phenoxy) is 1. The van der Waals surface area contributed by atoms with Gasteiger partial charge in [-0.25, -0.2) is 9.78 Å². The van der Waals surface area contributed by atoms with E-state index in [1.54, 1.807) is 27.9 Å². The number of carbonyl (C=O) groups excluding carboxylic acids is 2. The van der Waals surface area contributed by atoms with Gasteiger partial charge in [0.25, 0.3) is 5.91 Å². The Labute approximate surface area is 146 Å². The first-order valence-corrected chi connectivity index (χ1v) is 8.64. The first-order chi connectivity index (χ1) is 11.3. The third-order valence-electron chi connectivity index (χ3n) is 3.66. The van der Waals surface area contributed by atoms with Crippen LogP contribution in [-0.2, 0) is 16.0 Å². The molecule has 1 amide bonds. The van der Waals surface area contributed by atoms with Crippen molar-refractivity contribution in [3.8, 4) is 10.6 Å². The van der Waals surface area contributed by atoms with Crippen molar-refractivity contribution in [3.05, 3.63) is 40.4 Å². The zero-order chi connectivity index (χ0) is 17.9. The summed E-state index contributed by atoms with van der Waals surface area (Å²) in [5.41, 5.74) is 2.84. The molecule has 1 aromatic heterocycles. The second-order valence-electron chi connectivity index (χ2n) is 5.76. The Hall–Kier alpha value is -2.21. The summed E-state index contributed by atoms with van der Waals surface area (Å²) in [5.74, 6) is -0.759. The molecule has 0 spiro atoms. The van der Waals surface area contributed by atoms with Crippen molar-refractivity contribution >= 4 is 23.2 Å². The molecule has 6 heteroatoms. The van der Waals surface area contributed by atoms with Gasteiger partial charge in [-0.1, -0.05) is 31.2 Å². The summed E-state index contributed by atoms with van der Waals surface area (Å²) in [6, 6.07) is 8.12. The zero-order valence-corrected chi connectivity index (χ0v) is 15.4. The van der Waals surface area contributed by atoms with Crippen molar-refractivity contribution in [2.45, 2.75) is 33.3 Å². The molecule has 0 aliphatic carbocycles. The van der Waals surface area contributed by atoms with Crippen molar-refractivity contribution < 1.29 is 14.3 Å². The van der Waals surface area contributed by atoms with Crippen LogP contribution in [0.25, 0.3) is 10.6 Å². The Kier molecular flexibility index (Phi) is 5.72. The molecule has 1 atom stereocenters. The van der Waals surface area contributed by atoms with Crippen LogP contribution in [0.15, 0.2) is 24.3 Å². The molecule has 5 nitrogen and oxygen atoms in total. The third kappa shape index (κ3) is 4.00. The van der Waals surface area contributed by atoms with E-state index in [2.05, 4.69) is 24.0 Å². The molecule has 2 rings (SSSR count). The Morgan fingerprint density at radius 1 is 1.25 bits per heavy atom. The standard InChI is InChI=1S/C18H22N2O3S/c1-6-13-7-9-14(10-8-13)16-19-11(2)15(24-16)18(22)23-12(3)17(21)20(4)5/h7-10,12H,6H2,1-5H3/t12-/m0/s1. The minimum Gasteiger partial charge on any atom is -0.448 e. The Morgan fingerprint density at radius 3 is 2.42 bits per heavy atom. The quantitative estimate of drug-likeness (QED) is 0.779. The molecule has 0 saturated carbocycles. The van der Waals surface area contributed by atoms with Crippen molar-refractivity contribution in [2.24, 2.45) is 0 Å². The lowest BCUT2D eigenvalue weighted by molar-refractivity contribution is -0.137. The van der Waals surface area contributed by atoms with E-state index in [1.807, 2.05) is 12.1 Å². The van der Waals surface area contributed by atoms with Gasteiger partial charge in [-0.15, -0.1) is 11.3 Å². The molecule has 0 radical (unpaired) electrons. The van der Waals surface area contributed by atoms with Crippen LogP contribution in [0, 0.1) is 6.92 Å². The van der Waals surface area contributed by atoms with Crippen LogP contribution in [0.2, 0.25) is 0 Å². The summed E-state index contributed by atoms with van der Waals surface area (Å²) in [6.45, 7) is 5.45. The van der Waals surface area contributed by atoms with Gasteiger partial charge in [-0.2, -0.15) is 0 Å². The average Bonchev–Trinajstić information content (AvgIpc) is 2.95. The summed E-state index contributed by atoms with van der Waals surface area (Å²) < 4.78 is 5.27. The molecule has 0 bridgehead atoms. The highest BCUT2D eigenvalue weighted by molar-refractivity contribution is 7.17. The molecule has 24 heavy (non-hydrogen) atoms. The van der Waals surface area contributed by atoms with E-state index in [-0.39, 0.29) is 5.91 Å². The Bertz CT molecular complexity index is 735. The van der Waals surface area contributed by atoms with Gasteiger partial charge in [0.1, 0.15) is 9.88 Å². The fourth-order valence-electron chi connectivity index (χ4n) is 2.22. The largest absolute Gasteiger partial charge is 0.448 e. The molecule has 0 unspecified atom stereocenters. The lowest BCUT2D eigenvalue weighted by Crippen LogP contribution is -2.34. The molecule has 0 aliphatic heterocycles. The maximum absolute atomic E-state index is 12.3. The summed E-state index contributed by atoms with van der Waals surface area (Å²) >= 11 is 1.29. The molecule has 2 aromatic rings. The van der Waals surface area contributed by atoms with Crippen LogP contribution in [0.1, 0.15) is 34.8 Å². The SMILES string of the molecule is CCc1ccc(-c2nc(C)c(C(=O)O[C@@H](C)C(=O)N(C)C)s2)cc1. The van der Waals surface area contributed by atoms with Gasteiger partial charge >= 0.3 is 5.97 Å². The number of hydrogen-bond donors (Lipinski definition) is 0. The maximum atomic E-state index is 12.3. The van der Waals surface area contributed by atoms with E-state index in [1.165, 1.54) is 21.8 Å². The van der Waals surface area contributed by atoms with Crippen molar-refractivity contribution in [1.82, 2.24) is 9.88 Å².